The monoisotopic (exact) mass is 193 g/mol. The summed E-state index contributed by atoms with van der Waals surface area (Å²) in [5.74, 6) is -0.279. The van der Waals surface area contributed by atoms with E-state index < -0.39 is 0 Å². The van der Waals surface area contributed by atoms with Crippen LogP contribution in [0.15, 0.2) is 18.2 Å². The molecule has 0 aliphatic rings. The topological polar surface area (TPSA) is 43.1 Å². The first-order valence-electron chi connectivity index (χ1n) is 4.94. The first-order chi connectivity index (χ1) is 6.59. The fourth-order valence-electron chi connectivity index (χ4n) is 1.11. The van der Waals surface area contributed by atoms with Gasteiger partial charge in [-0.2, -0.15) is 0 Å². The molecule has 0 saturated carbocycles. The van der Waals surface area contributed by atoms with E-state index in [0.717, 1.165) is 5.56 Å². The van der Waals surface area contributed by atoms with E-state index in [1.54, 1.807) is 0 Å². The van der Waals surface area contributed by atoms with Crippen LogP contribution in [-0.2, 0) is 11.2 Å². The van der Waals surface area contributed by atoms with Crippen LogP contribution in [0.25, 0.3) is 0 Å². The molecule has 1 aromatic carbocycles. The van der Waals surface area contributed by atoms with Crippen molar-refractivity contribution in [3.05, 3.63) is 34.9 Å². The van der Waals surface area contributed by atoms with Crippen molar-refractivity contribution in [2.24, 2.45) is 5.73 Å². The SMILES string of the molecule is CC.Cc1ccc(CC(N)=O)cc1C. The second-order valence-electron chi connectivity index (χ2n) is 3.06. The maximum absolute atomic E-state index is 10.6. The summed E-state index contributed by atoms with van der Waals surface area (Å²) < 4.78 is 0. The number of carbonyl (C=O) groups excluding carboxylic acids is 1. The van der Waals surface area contributed by atoms with Gasteiger partial charge in [-0.3, -0.25) is 4.79 Å². The summed E-state index contributed by atoms with van der Waals surface area (Å²) in [5.41, 5.74) is 8.51. The molecule has 0 aromatic heterocycles. The zero-order valence-electron chi connectivity index (χ0n) is 9.42. The van der Waals surface area contributed by atoms with Crippen molar-refractivity contribution >= 4 is 5.91 Å². The van der Waals surface area contributed by atoms with Gasteiger partial charge in [-0.25, -0.2) is 0 Å². The third-order valence-electron chi connectivity index (χ3n) is 1.95. The van der Waals surface area contributed by atoms with Gasteiger partial charge in [0.05, 0.1) is 6.42 Å². The lowest BCUT2D eigenvalue weighted by Crippen LogP contribution is -2.13. The number of rotatable bonds is 2. The molecule has 0 bridgehead atoms. The van der Waals surface area contributed by atoms with E-state index in [1.165, 1.54) is 11.1 Å². The van der Waals surface area contributed by atoms with Crippen LogP contribution in [0.5, 0.6) is 0 Å². The Balaban J connectivity index is 0.000000791. The summed E-state index contributed by atoms with van der Waals surface area (Å²) in [4.78, 5) is 10.6. The lowest BCUT2D eigenvalue weighted by atomic mass is 10.0. The number of nitrogens with two attached hydrogens (primary N) is 1. The average Bonchev–Trinajstić information content (AvgIpc) is 2.14. The molecule has 0 spiro atoms. The molecule has 2 heteroatoms. The van der Waals surface area contributed by atoms with E-state index in [-0.39, 0.29) is 5.91 Å². The first kappa shape index (κ1) is 12.7. The maximum Gasteiger partial charge on any atom is 0.221 e. The fraction of sp³-hybridized carbons (Fsp3) is 0.417. The quantitative estimate of drug-likeness (QED) is 0.769. The minimum Gasteiger partial charge on any atom is -0.369 e. The van der Waals surface area contributed by atoms with Crippen LogP contribution >= 0.6 is 0 Å². The molecule has 0 atom stereocenters. The van der Waals surface area contributed by atoms with E-state index in [4.69, 9.17) is 5.73 Å². The molecule has 0 fully saturated rings. The number of amides is 1. The number of benzene rings is 1. The van der Waals surface area contributed by atoms with Crippen LogP contribution in [0.4, 0.5) is 0 Å². The second kappa shape index (κ2) is 6.19. The first-order valence-corrected chi connectivity index (χ1v) is 4.94. The molecule has 1 rings (SSSR count). The standard InChI is InChI=1S/C10H13NO.C2H6/c1-7-3-4-9(5-8(7)2)6-10(11)12;1-2/h3-5H,6H2,1-2H3,(H2,11,12);1-2H3. The number of aryl methyl sites for hydroxylation is 2. The van der Waals surface area contributed by atoms with Crippen LogP contribution < -0.4 is 5.73 Å². The Hall–Kier alpha value is -1.31. The van der Waals surface area contributed by atoms with Crippen molar-refractivity contribution in [3.8, 4) is 0 Å². The van der Waals surface area contributed by atoms with Crippen LogP contribution in [0, 0.1) is 13.8 Å². The zero-order chi connectivity index (χ0) is 11.1. The van der Waals surface area contributed by atoms with E-state index in [9.17, 15) is 4.79 Å². The summed E-state index contributed by atoms with van der Waals surface area (Å²) >= 11 is 0. The van der Waals surface area contributed by atoms with E-state index in [2.05, 4.69) is 0 Å². The summed E-state index contributed by atoms with van der Waals surface area (Å²) in [5, 5.41) is 0. The Morgan fingerprint density at radius 2 is 1.79 bits per heavy atom. The van der Waals surface area contributed by atoms with Gasteiger partial charge in [0.1, 0.15) is 0 Å². The molecule has 2 N–H and O–H groups in total. The predicted octanol–water partition coefficient (Wildman–Crippen LogP) is 2.36. The molecule has 1 amide bonds. The average molecular weight is 193 g/mol. The van der Waals surface area contributed by atoms with Gasteiger partial charge in [-0.1, -0.05) is 32.0 Å². The summed E-state index contributed by atoms with van der Waals surface area (Å²) in [7, 11) is 0. The normalized spacial score (nSPS) is 8.86. The molecular formula is C12H19NO. The second-order valence-corrected chi connectivity index (χ2v) is 3.06. The maximum atomic E-state index is 10.6. The molecule has 0 aliphatic heterocycles. The number of primary amides is 1. The molecular weight excluding hydrogens is 174 g/mol. The van der Waals surface area contributed by atoms with Crippen LogP contribution in [0.2, 0.25) is 0 Å². The van der Waals surface area contributed by atoms with E-state index in [0.29, 0.717) is 6.42 Å². The van der Waals surface area contributed by atoms with Gasteiger partial charge < -0.3 is 5.73 Å². The highest BCUT2D eigenvalue weighted by molar-refractivity contribution is 5.76. The molecule has 0 radical (unpaired) electrons. The Bertz CT molecular complexity index is 305. The lowest BCUT2D eigenvalue weighted by molar-refractivity contribution is -0.117. The molecule has 0 unspecified atom stereocenters. The van der Waals surface area contributed by atoms with Crippen molar-refractivity contribution in [2.75, 3.05) is 0 Å². The smallest absolute Gasteiger partial charge is 0.221 e. The molecule has 1 aromatic rings. The van der Waals surface area contributed by atoms with Crippen LogP contribution in [-0.4, -0.2) is 5.91 Å². The molecule has 78 valence electrons. The van der Waals surface area contributed by atoms with Crippen molar-refractivity contribution in [3.63, 3.8) is 0 Å². The van der Waals surface area contributed by atoms with Gasteiger partial charge in [-0.05, 0) is 30.5 Å². The van der Waals surface area contributed by atoms with Crippen molar-refractivity contribution in [1.29, 1.82) is 0 Å². The van der Waals surface area contributed by atoms with Gasteiger partial charge in [0.25, 0.3) is 0 Å². The van der Waals surface area contributed by atoms with Gasteiger partial charge in [-0.15, -0.1) is 0 Å². The third-order valence-corrected chi connectivity index (χ3v) is 1.95. The molecule has 14 heavy (non-hydrogen) atoms. The Kier molecular flexibility index (Phi) is 5.61. The summed E-state index contributed by atoms with van der Waals surface area (Å²) in [6.07, 6.45) is 0.334. The molecule has 0 aliphatic carbocycles. The molecule has 0 saturated heterocycles. The van der Waals surface area contributed by atoms with Gasteiger partial charge in [0.15, 0.2) is 0 Å². The number of hydrogen-bond acceptors (Lipinski definition) is 1. The van der Waals surface area contributed by atoms with Gasteiger partial charge in [0.2, 0.25) is 5.91 Å². The minimum atomic E-state index is -0.279. The zero-order valence-corrected chi connectivity index (χ0v) is 9.42. The Labute approximate surface area is 86.1 Å². The van der Waals surface area contributed by atoms with E-state index in [1.807, 2.05) is 45.9 Å². The van der Waals surface area contributed by atoms with Crippen molar-refractivity contribution in [2.45, 2.75) is 34.1 Å². The number of hydrogen-bond donors (Lipinski definition) is 1. The molecule has 0 heterocycles. The molecule has 2 nitrogen and oxygen atoms in total. The minimum absolute atomic E-state index is 0.279. The lowest BCUT2D eigenvalue weighted by Gasteiger charge is -2.02. The Morgan fingerprint density at radius 3 is 2.21 bits per heavy atom. The van der Waals surface area contributed by atoms with Crippen molar-refractivity contribution in [1.82, 2.24) is 0 Å². The fourth-order valence-corrected chi connectivity index (χ4v) is 1.11. The van der Waals surface area contributed by atoms with Gasteiger partial charge >= 0.3 is 0 Å². The highest BCUT2D eigenvalue weighted by Gasteiger charge is 1.99. The van der Waals surface area contributed by atoms with Gasteiger partial charge in [0, 0.05) is 0 Å². The van der Waals surface area contributed by atoms with Crippen LogP contribution in [0.1, 0.15) is 30.5 Å². The van der Waals surface area contributed by atoms with E-state index >= 15 is 0 Å². The highest BCUT2D eigenvalue weighted by Crippen LogP contribution is 2.09. The number of carbonyl (C=O) groups is 1. The third kappa shape index (κ3) is 4.08. The highest BCUT2D eigenvalue weighted by atomic mass is 16.1. The predicted molar refractivity (Wildman–Crippen MR) is 60.2 cm³/mol. The summed E-state index contributed by atoms with van der Waals surface area (Å²) in [6.45, 7) is 8.07. The summed E-state index contributed by atoms with van der Waals surface area (Å²) in [6, 6.07) is 5.95. The Morgan fingerprint density at radius 1 is 1.21 bits per heavy atom. The largest absolute Gasteiger partial charge is 0.369 e. The van der Waals surface area contributed by atoms with Crippen LogP contribution in [0.3, 0.4) is 0 Å². The van der Waals surface area contributed by atoms with Crippen molar-refractivity contribution < 1.29 is 4.79 Å².